The third-order valence-corrected chi connectivity index (χ3v) is 9.27. The monoisotopic (exact) mass is 196 g/mol. The molecule has 0 aromatic heterocycles. The minimum absolute atomic E-state index is 0.866. The largest absolute Gasteiger partial charge is 0.137 e. The van der Waals surface area contributed by atoms with Crippen LogP contribution in [-0.2, 0) is 0 Å². The molecule has 0 saturated carbocycles. The van der Waals surface area contributed by atoms with Gasteiger partial charge in [-0.25, -0.2) is 0 Å². The van der Waals surface area contributed by atoms with Crippen LogP contribution in [0.5, 0.6) is 0 Å². The molecule has 0 aromatic carbocycles. The van der Waals surface area contributed by atoms with Crippen LogP contribution in [-0.4, -0.2) is 22.4 Å². The van der Waals surface area contributed by atoms with Crippen LogP contribution in [0, 0.1) is 0 Å². The summed E-state index contributed by atoms with van der Waals surface area (Å²) in [7, 11) is 0. The molecule has 0 saturated heterocycles. The predicted molar refractivity (Wildman–Crippen MR) is 61.5 cm³/mol. The molecule has 0 bridgehead atoms. The zero-order valence-corrected chi connectivity index (χ0v) is 9.65. The molecule has 0 fully saturated rings. The molecule has 0 spiro atoms. The predicted octanol–water partition coefficient (Wildman–Crippen LogP) is 3.01. The minimum Gasteiger partial charge on any atom is -0.137 e. The van der Waals surface area contributed by atoms with Gasteiger partial charge in [-0.3, -0.25) is 0 Å². The van der Waals surface area contributed by atoms with Crippen LogP contribution in [0.25, 0.3) is 0 Å². The van der Waals surface area contributed by atoms with Crippen molar-refractivity contribution < 1.29 is 0 Å². The van der Waals surface area contributed by atoms with Crippen LogP contribution in [0.15, 0.2) is 0 Å². The van der Waals surface area contributed by atoms with E-state index >= 15 is 0 Å². The van der Waals surface area contributed by atoms with E-state index in [4.69, 9.17) is 0 Å². The summed E-state index contributed by atoms with van der Waals surface area (Å²) in [6.07, 6.45) is 3.76. The van der Waals surface area contributed by atoms with Crippen LogP contribution in [0.4, 0.5) is 0 Å². The fourth-order valence-corrected chi connectivity index (χ4v) is 5.83. The highest BCUT2D eigenvalue weighted by molar-refractivity contribution is 8.33. The molecule has 10 heavy (non-hydrogen) atoms. The van der Waals surface area contributed by atoms with Crippen molar-refractivity contribution in [3.63, 3.8) is 0 Å². The standard InChI is InChI=1S/C7H17PS2/c1-4-8(5-2,6-3)7(9)10/h9-10H,4-6H2,1-3H3. The zero-order chi connectivity index (χ0) is 8.20. The van der Waals surface area contributed by atoms with Crippen molar-refractivity contribution in [3.8, 4) is 0 Å². The van der Waals surface area contributed by atoms with Crippen LogP contribution in [0.1, 0.15) is 20.8 Å². The molecule has 0 aliphatic heterocycles. The molecule has 0 aliphatic carbocycles. The molecule has 3 heteroatoms. The Morgan fingerprint density at radius 1 is 1.00 bits per heavy atom. The summed E-state index contributed by atoms with van der Waals surface area (Å²) in [5, 5.41) is 0. The smallest absolute Gasteiger partial charge is 0.0304 e. The quantitative estimate of drug-likeness (QED) is 0.503. The zero-order valence-electron chi connectivity index (χ0n) is 6.96. The lowest BCUT2D eigenvalue weighted by atomic mass is 10.9. The van der Waals surface area contributed by atoms with Crippen LogP contribution >= 0.6 is 32.1 Å². The van der Waals surface area contributed by atoms with Crippen molar-refractivity contribution in [2.75, 3.05) is 18.5 Å². The Labute approximate surface area is 75.6 Å². The average molecular weight is 196 g/mol. The summed E-state index contributed by atoms with van der Waals surface area (Å²) in [6.45, 7) is 5.86. The molecule has 0 amide bonds. The molecule has 0 rings (SSSR count). The van der Waals surface area contributed by atoms with E-state index in [0.29, 0.717) is 0 Å². The van der Waals surface area contributed by atoms with E-state index < -0.39 is 6.89 Å². The highest BCUT2D eigenvalue weighted by Gasteiger charge is 2.12. The normalized spacial score (nSPS) is 11.7. The Kier molecular flexibility index (Phi) is 5.27. The van der Waals surface area contributed by atoms with Gasteiger partial charge in [0.2, 0.25) is 0 Å². The molecule has 0 aliphatic rings. The maximum Gasteiger partial charge on any atom is 0.0304 e. The van der Waals surface area contributed by atoms with Gasteiger partial charge in [-0.2, -0.15) is 0 Å². The second-order valence-corrected chi connectivity index (χ2v) is 8.98. The summed E-state index contributed by atoms with van der Waals surface area (Å²) < 4.78 is 1.10. The topological polar surface area (TPSA) is 0 Å². The Bertz CT molecular complexity index is 129. The van der Waals surface area contributed by atoms with Gasteiger partial charge in [-0.1, -0.05) is 27.7 Å². The van der Waals surface area contributed by atoms with Gasteiger partial charge in [0.1, 0.15) is 0 Å². The number of thiol groups is 2. The van der Waals surface area contributed by atoms with Crippen molar-refractivity contribution >= 4 is 36.1 Å². The van der Waals surface area contributed by atoms with Crippen LogP contribution < -0.4 is 0 Å². The fourth-order valence-electron chi connectivity index (χ4n) is 1.10. The highest BCUT2D eigenvalue weighted by atomic mass is 32.2. The van der Waals surface area contributed by atoms with Crippen molar-refractivity contribution in [2.24, 2.45) is 0 Å². The van der Waals surface area contributed by atoms with Crippen molar-refractivity contribution in [1.82, 2.24) is 0 Å². The first-order chi connectivity index (χ1) is 4.63. The Hall–Kier alpha value is 1.000. The second kappa shape index (κ2) is 4.79. The SMILES string of the molecule is CCP(CC)(CC)=C(S)S. The van der Waals surface area contributed by atoms with Gasteiger partial charge < -0.3 is 0 Å². The van der Waals surface area contributed by atoms with Gasteiger partial charge >= 0.3 is 0 Å². The highest BCUT2D eigenvalue weighted by Crippen LogP contribution is 2.49. The van der Waals surface area contributed by atoms with E-state index in [1.54, 1.807) is 0 Å². The van der Waals surface area contributed by atoms with Gasteiger partial charge in [0.15, 0.2) is 0 Å². The molecule has 0 radical (unpaired) electrons. The first-order valence-electron chi connectivity index (χ1n) is 3.74. The Morgan fingerprint density at radius 2 is 1.30 bits per heavy atom. The van der Waals surface area contributed by atoms with Crippen molar-refractivity contribution in [2.45, 2.75) is 20.8 Å². The summed E-state index contributed by atoms with van der Waals surface area (Å²) in [6, 6.07) is 0. The van der Waals surface area contributed by atoms with E-state index in [0.717, 1.165) is 3.96 Å². The van der Waals surface area contributed by atoms with E-state index in [9.17, 15) is 0 Å². The summed E-state index contributed by atoms with van der Waals surface area (Å²) in [5.74, 6) is 0. The lowest BCUT2D eigenvalue weighted by Gasteiger charge is -2.22. The molecular formula is C7H17PS2. The Morgan fingerprint density at radius 3 is 1.30 bits per heavy atom. The van der Waals surface area contributed by atoms with Crippen LogP contribution in [0.3, 0.4) is 0 Å². The van der Waals surface area contributed by atoms with E-state index in [2.05, 4.69) is 46.0 Å². The third-order valence-electron chi connectivity index (χ3n) is 2.24. The maximum atomic E-state index is 4.35. The van der Waals surface area contributed by atoms with E-state index in [1.807, 2.05) is 0 Å². The summed E-state index contributed by atoms with van der Waals surface area (Å²) in [4.78, 5) is 0. The number of rotatable bonds is 3. The molecule has 0 aromatic rings. The van der Waals surface area contributed by atoms with Gasteiger partial charge in [0.05, 0.1) is 0 Å². The first-order valence-corrected chi connectivity index (χ1v) is 6.98. The molecule has 62 valence electrons. The van der Waals surface area contributed by atoms with Crippen molar-refractivity contribution in [1.29, 1.82) is 0 Å². The van der Waals surface area contributed by atoms with Gasteiger partial charge in [0, 0.05) is 3.96 Å². The molecule has 0 nitrogen and oxygen atoms in total. The van der Waals surface area contributed by atoms with Gasteiger partial charge in [0.25, 0.3) is 0 Å². The summed E-state index contributed by atoms with van der Waals surface area (Å²) >= 11 is 8.70. The lowest BCUT2D eigenvalue weighted by molar-refractivity contribution is 1.34. The van der Waals surface area contributed by atoms with Gasteiger partial charge in [-0.05, 0) is 18.5 Å². The minimum atomic E-state index is -0.866. The summed E-state index contributed by atoms with van der Waals surface area (Å²) in [5.41, 5.74) is 0. The fraction of sp³-hybridized carbons (Fsp3) is 0.857. The molecule has 0 N–H and O–H groups in total. The molecule has 0 unspecified atom stereocenters. The van der Waals surface area contributed by atoms with Crippen molar-refractivity contribution in [3.05, 3.63) is 0 Å². The Balaban J connectivity index is 4.66. The third kappa shape index (κ3) is 2.25. The lowest BCUT2D eigenvalue weighted by Crippen LogP contribution is -1.98. The van der Waals surface area contributed by atoms with E-state index in [1.165, 1.54) is 18.5 Å². The van der Waals surface area contributed by atoms with Gasteiger partial charge in [-0.15, -0.1) is 25.3 Å². The molecule has 0 heterocycles. The second-order valence-electron chi connectivity index (χ2n) is 2.39. The van der Waals surface area contributed by atoms with E-state index in [-0.39, 0.29) is 0 Å². The van der Waals surface area contributed by atoms with Crippen LogP contribution in [0.2, 0.25) is 0 Å². The number of hydrogen-bond acceptors (Lipinski definition) is 0. The maximum absolute atomic E-state index is 4.35. The average Bonchev–Trinajstić information content (AvgIpc) is 1.92. The first kappa shape index (κ1) is 11.0. The molecule has 0 atom stereocenters. The molecular weight excluding hydrogens is 179 g/mol. The number of hydrogen-bond donors (Lipinski definition) is 2.